The Kier molecular flexibility index (Phi) is 4.68. The number of alkyl halides is 3. The van der Waals surface area contributed by atoms with Crippen LogP contribution in [-0.2, 0) is 0 Å². The van der Waals surface area contributed by atoms with Gasteiger partial charge in [-0.2, -0.15) is 13.2 Å². The number of hydrogen-bond acceptors (Lipinski definition) is 1. The SMILES string of the molecule is Cc1cccc([C@@H](C)NC(c2ccccc2)C(F)(F)F)c1. The van der Waals surface area contributed by atoms with Crippen molar-refractivity contribution < 1.29 is 13.2 Å². The molecule has 0 aliphatic rings. The van der Waals surface area contributed by atoms with Crippen molar-refractivity contribution in [1.29, 1.82) is 0 Å². The van der Waals surface area contributed by atoms with Crippen LogP contribution in [0.15, 0.2) is 54.6 Å². The van der Waals surface area contributed by atoms with Crippen LogP contribution in [-0.4, -0.2) is 6.18 Å². The number of nitrogens with one attached hydrogen (secondary N) is 1. The maximum Gasteiger partial charge on any atom is 0.407 e. The largest absolute Gasteiger partial charge is 0.407 e. The fourth-order valence-electron chi connectivity index (χ4n) is 2.31. The summed E-state index contributed by atoms with van der Waals surface area (Å²) in [6.07, 6.45) is -4.33. The van der Waals surface area contributed by atoms with Crippen LogP contribution in [0.2, 0.25) is 0 Å². The Hall–Kier alpha value is -1.81. The fraction of sp³-hybridized carbons (Fsp3) is 0.294. The summed E-state index contributed by atoms with van der Waals surface area (Å²) in [7, 11) is 0. The summed E-state index contributed by atoms with van der Waals surface area (Å²) in [5.74, 6) is 0. The number of benzene rings is 2. The summed E-state index contributed by atoms with van der Waals surface area (Å²) >= 11 is 0. The van der Waals surface area contributed by atoms with Crippen molar-refractivity contribution in [2.24, 2.45) is 0 Å². The van der Waals surface area contributed by atoms with Gasteiger partial charge in [-0.25, -0.2) is 0 Å². The van der Waals surface area contributed by atoms with Gasteiger partial charge in [-0.1, -0.05) is 60.2 Å². The summed E-state index contributed by atoms with van der Waals surface area (Å²) < 4.78 is 39.9. The van der Waals surface area contributed by atoms with Crippen LogP contribution >= 0.6 is 0 Å². The molecule has 0 fully saturated rings. The van der Waals surface area contributed by atoms with Crippen molar-refractivity contribution in [3.63, 3.8) is 0 Å². The second-order valence-electron chi connectivity index (χ2n) is 5.19. The lowest BCUT2D eigenvalue weighted by Crippen LogP contribution is -2.35. The number of halogens is 3. The van der Waals surface area contributed by atoms with Gasteiger partial charge < -0.3 is 0 Å². The van der Waals surface area contributed by atoms with E-state index in [4.69, 9.17) is 0 Å². The second-order valence-corrected chi connectivity index (χ2v) is 5.19. The third-order valence-corrected chi connectivity index (χ3v) is 3.42. The molecular formula is C17H18F3N. The molecule has 4 heteroatoms. The summed E-state index contributed by atoms with van der Waals surface area (Å²) in [5, 5.41) is 2.69. The topological polar surface area (TPSA) is 12.0 Å². The van der Waals surface area contributed by atoms with E-state index in [1.165, 1.54) is 12.1 Å². The molecule has 0 saturated heterocycles. The normalized spacial score (nSPS) is 14.7. The lowest BCUT2D eigenvalue weighted by molar-refractivity contribution is -0.159. The summed E-state index contributed by atoms with van der Waals surface area (Å²) in [4.78, 5) is 0. The van der Waals surface area contributed by atoms with Gasteiger partial charge in [0.15, 0.2) is 0 Å². The fourth-order valence-corrected chi connectivity index (χ4v) is 2.31. The van der Waals surface area contributed by atoms with Gasteiger partial charge in [-0.15, -0.1) is 0 Å². The highest BCUT2D eigenvalue weighted by Crippen LogP contribution is 2.34. The van der Waals surface area contributed by atoms with E-state index in [1.807, 2.05) is 31.2 Å². The number of hydrogen-bond donors (Lipinski definition) is 1. The van der Waals surface area contributed by atoms with E-state index in [-0.39, 0.29) is 5.56 Å². The molecule has 0 aliphatic heterocycles. The molecular weight excluding hydrogens is 275 g/mol. The Labute approximate surface area is 122 Å². The zero-order chi connectivity index (χ0) is 15.5. The summed E-state index contributed by atoms with van der Waals surface area (Å²) in [5.41, 5.74) is 2.11. The smallest absolute Gasteiger partial charge is 0.296 e. The predicted molar refractivity (Wildman–Crippen MR) is 78.0 cm³/mol. The van der Waals surface area contributed by atoms with Gasteiger partial charge >= 0.3 is 6.18 Å². The van der Waals surface area contributed by atoms with Crippen LogP contribution in [0.1, 0.15) is 35.7 Å². The minimum atomic E-state index is -4.33. The molecule has 0 radical (unpaired) electrons. The third kappa shape index (κ3) is 4.08. The first-order valence-electron chi connectivity index (χ1n) is 6.82. The van der Waals surface area contributed by atoms with E-state index in [2.05, 4.69) is 5.32 Å². The Morgan fingerprint density at radius 1 is 0.905 bits per heavy atom. The molecule has 2 rings (SSSR count). The van der Waals surface area contributed by atoms with Crippen molar-refractivity contribution in [3.8, 4) is 0 Å². The molecule has 0 bridgehead atoms. The van der Waals surface area contributed by atoms with Crippen molar-refractivity contribution in [1.82, 2.24) is 5.32 Å². The first kappa shape index (κ1) is 15.6. The molecule has 112 valence electrons. The lowest BCUT2D eigenvalue weighted by Gasteiger charge is -2.26. The second kappa shape index (κ2) is 6.31. The highest BCUT2D eigenvalue weighted by molar-refractivity contribution is 5.26. The molecule has 1 N–H and O–H groups in total. The van der Waals surface area contributed by atoms with E-state index in [0.29, 0.717) is 0 Å². The molecule has 21 heavy (non-hydrogen) atoms. The average molecular weight is 293 g/mol. The van der Waals surface area contributed by atoms with E-state index >= 15 is 0 Å². The minimum absolute atomic E-state index is 0.226. The Bertz CT molecular complexity index is 578. The van der Waals surface area contributed by atoms with E-state index in [9.17, 15) is 13.2 Å². The van der Waals surface area contributed by atoms with Gasteiger partial charge in [-0.05, 0) is 25.0 Å². The van der Waals surface area contributed by atoms with Crippen molar-refractivity contribution >= 4 is 0 Å². The van der Waals surface area contributed by atoms with E-state index in [1.54, 1.807) is 25.1 Å². The van der Waals surface area contributed by atoms with Crippen LogP contribution in [0.4, 0.5) is 13.2 Å². The van der Waals surface area contributed by atoms with Gasteiger partial charge in [0.2, 0.25) is 0 Å². The van der Waals surface area contributed by atoms with Crippen molar-refractivity contribution in [2.45, 2.75) is 32.1 Å². The molecule has 0 amide bonds. The molecule has 0 aromatic heterocycles. The van der Waals surface area contributed by atoms with Crippen LogP contribution in [0.5, 0.6) is 0 Å². The minimum Gasteiger partial charge on any atom is -0.296 e. The number of rotatable bonds is 4. The standard InChI is InChI=1S/C17H18F3N/c1-12-7-6-10-15(11-12)13(2)21-16(17(18,19)20)14-8-4-3-5-9-14/h3-11,13,16,21H,1-2H3/t13-,16?/m1/s1. The summed E-state index contributed by atoms with van der Waals surface area (Å²) in [6.45, 7) is 3.67. The van der Waals surface area contributed by atoms with Crippen molar-refractivity contribution in [3.05, 3.63) is 71.3 Å². The van der Waals surface area contributed by atoms with Crippen LogP contribution < -0.4 is 5.32 Å². The number of aryl methyl sites for hydroxylation is 1. The molecule has 2 aromatic carbocycles. The average Bonchev–Trinajstić information content (AvgIpc) is 2.44. The first-order valence-corrected chi connectivity index (χ1v) is 6.82. The van der Waals surface area contributed by atoms with Gasteiger partial charge in [0.1, 0.15) is 6.04 Å². The van der Waals surface area contributed by atoms with Crippen LogP contribution in [0, 0.1) is 6.92 Å². The highest BCUT2D eigenvalue weighted by atomic mass is 19.4. The first-order chi connectivity index (χ1) is 9.88. The summed E-state index contributed by atoms with van der Waals surface area (Å²) in [6, 6.07) is 13.4. The monoisotopic (exact) mass is 293 g/mol. The molecule has 2 atom stereocenters. The third-order valence-electron chi connectivity index (χ3n) is 3.42. The van der Waals surface area contributed by atoms with Gasteiger partial charge in [-0.3, -0.25) is 5.32 Å². The van der Waals surface area contributed by atoms with Crippen molar-refractivity contribution in [2.75, 3.05) is 0 Å². The van der Waals surface area contributed by atoms with Crippen LogP contribution in [0.3, 0.4) is 0 Å². The Morgan fingerprint density at radius 3 is 2.10 bits per heavy atom. The Balaban J connectivity index is 2.24. The lowest BCUT2D eigenvalue weighted by atomic mass is 10.0. The van der Waals surface area contributed by atoms with Gasteiger partial charge in [0.05, 0.1) is 0 Å². The molecule has 1 nitrogen and oxygen atoms in total. The molecule has 0 spiro atoms. The molecule has 0 saturated carbocycles. The Morgan fingerprint density at radius 2 is 1.52 bits per heavy atom. The molecule has 0 heterocycles. The maximum absolute atomic E-state index is 13.3. The van der Waals surface area contributed by atoms with Crippen LogP contribution in [0.25, 0.3) is 0 Å². The molecule has 0 aliphatic carbocycles. The molecule has 1 unspecified atom stereocenters. The zero-order valence-corrected chi connectivity index (χ0v) is 12.0. The van der Waals surface area contributed by atoms with Gasteiger partial charge in [0, 0.05) is 6.04 Å². The highest BCUT2D eigenvalue weighted by Gasteiger charge is 2.41. The molecule has 2 aromatic rings. The zero-order valence-electron chi connectivity index (χ0n) is 12.0. The van der Waals surface area contributed by atoms with E-state index < -0.39 is 18.3 Å². The maximum atomic E-state index is 13.3. The quantitative estimate of drug-likeness (QED) is 0.841. The predicted octanol–water partition coefficient (Wildman–Crippen LogP) is 4.95. The van der Waals surface area contributed by atoms with Gasteiger partial charge in [0.25, 0.3) is 0 Å². The van der Waals surface area contributed by atoms with E-state index in [0.717, 1.165) is 11.1 Å².